The maximum atomic E-state index is 14.2. The Morgan fingerprint density at radius 3 is 2.17 bits per heavy atom. The van der Waals surface area contributed by atoms with Gasteiger partial charge in [0.15, 0.2) is 6.10 Å². The monoisotopic (exact) mass is 1290 g/mol. The molecule has 2 aromatic rings. The van der Waals surface area contributed by atoms with Gasteiger partial charge in [-0.2, -0.15) is 8.42 Å². The Bertz CT molecular complexity index is 3000. The highest BCUT2D eigenvalue weighted by atomic mass is 35.5. The van der Waals surface area contributed by atoms with Crippen LogP contribution in [0.2, 0.25) is 5.02 Å². The van der Waals surface area contributed by atoms with Crippen molar-refractivity contribution >= 4 is 81.0 Å². The van der Waals surface area contributed by atoms with E-state index in [1.807, 2.05) is 39.8 Å². The zero-order valence-corrected chi connectivity index (χ0v) is 54.1. The third kappa shape index (κ3) is 24.8. The lowest BCUT2D eigenvalue weighted by Crippen LogP contribution is -2.55. The topological polar surface area (TPSA) is 350 Å². The molecular formula is C62H88ClN7O18S. The van der Waals surface area contributed by atoms with Gasteiger partial charge in [0.1, 0.15) is 42.7 Å². The summed E-state index contributed by atoms with van der Waals surface area (Å²) < 4.78 is 59.5. The van der Waals surface area contributed by atoms with Crippen molar-refractivity contribution in [3.63, 3.8) is 0 Å². The molecule has 0 unspecified atom stereocenters. The van der Waals surface area contributed by atoms with Crippen molar-refractivity contribution in [2.45, 2.75) is 169 Å². The van der Waals surface area contributed by atoms with Gasteiger partial charge in [0.05, 0.1) is 35.8 Å². The lowest BCUT2D eigenvalue weighted by atomic mass is 9.84. The summed E-state index contributed by atoms with van der Waals surface area (Å²) in [6.07, 6.45) is 0.0159. The van der Waals surface area contributed by atoms with Gasteiger partial charge in [-0.05, 0) is 73.9 Å². The van der Waals surface area contributed by atoms with Gasteiger partial charge in [0, 0.05) is 76.7 Å². The second-order valence-corrected chi connectivity index (χ2v) is 26.3. The number of epoxide rings is 1. The fraction of sp³-hybridized carbons (Fsp3) is 0.581. The van der Waals surface area contributed by atoms with Crippen molar-refractivity contribution < 1.29 is 84.6 Å². The van der Waals surface area contributed by atoms with Crippen molar-refractivity contribution in [1.29, 1.82) is 0 Å². The van der Waals surface area contributed by atoms with E-state index in [2.05, 4.69) is 38.5 Å². The second-order valence-electron chi connectivity index (χ2n) is 24.3. The smallest absolute Gasteiger partial charge is 0.347 e. The molecule has 0 aromatic heterocycles. The molecule has 0 saturated carbocycles. The normalized spacial score (nSPS) is 21.2. The van der Waals surface area contributed by atoms with Crippen LogP contribution < -0.4 is 36.6 Å². The van der Waals surface area contributed by atoms with Gasteiger partial charge in [-0.25, -0.2) is 4.79 Å². The molecule has 7 amide bonds. The molecule has 2 aliphatic heterocycles. The van der Waals surface area contributed by atoms with Crippen LogP contribution in [0.5, 0.6) is 5.75 Å². The number of carbonyl (C=O) groups excluding carboxylic acids is 10. The molecule has 0 spiro atoms. The fourth-order valence-electron chi connectivity index (χ4n) is 9.24. The number of esters is 3. The first-order chi connectivity index (χ1) is 41.6. The number of halogens is 1. The minimum Gasteiger partial charge on any atom is -0.495 e. The quantitative estimate of drug-likeness (QED) is 0.0205. The number of amides is 7. The zero-order valence-electron chi connectivity index (χ0n) is 52.6. The molecule has 2 heterocycles. The van der Waals surface area contributed by atoms with Gasteiger partial charge in [-0.15, -0.1) is 0 Å². The lowest BCUT2D eigenvalue weighted by Gasteiger charge is -2.34. The van der Waals surface area contributed by atoms with Crippen LogP contribution in [0.1, 0.15) is 131 Å². The molecular weight excluding hydrogens is 1200 g/mol. The average molecular weight is 1290 g/mol. The van der Waals surface area contributed by atoms with Crippen LogP contribution in [0.15, 0.2) is 67.3 Å². The number of rotatable bonds is 28. The zero-order chi connectivity index (χ0) is 66.6. The van der Waals surface area contributed by atoms with Gasteiger partial charge in [0.2, 0.25) is 41.4 Å². The number of nitrogens with one attached hydrogen (secondary N) is 6. The highest BCUT2D eigenvalue weighted by Crippen LogP contribution is 2.45. The number of hydrogen-bond acceptors (Lipinski definition) is 17. The minimum atomic E-state index is -4.32. The predicted molar refractivity (Wildman–Crippen MR) is 328 cm³/mol. The minimum absolute atomic E-state index is 0.0426. The summed E-state index contributed by atoms with van der Waals surface area (Å²) in [5, 5.41) is 16.3. The third-order valence-corrected chi connectivity index (χ3v) is 16.1. The number of nitrogens with zero attached hydrogens (tertiary/aromatic N) is 1. The summed E-state index contributed by atoms with van der Waals surface area (Å²) in [5.74, 6) is -7.64. The molecule has 0 aliphatic carbocycles. The van der Waals surface area contributed by atoms with Gasteiger partial charge >= 0.3 is 17.9 Å². The van der Waals surface area contributed by atoms with Gasteiger partial charge in [-0.1, -0.05) is 102 Å². The summed E-state index contributed by atoms with van der Waals surface area (Å²) in [4.78, 5) is 135. The number of benzene rings is 2. The molecule has 25 nitrogen and oxygen atoms in total. The van der Waals surface area contributed by atoms with Gasteiger partial charge in [0.25, 0.3) is 10.1 Å². The van der Waals surface area contributed by atoms with Gasteiger partial charge in [-0.3, -0.25) is 47.7 Å². The average Bonchev–Trinajstić information content (AvgIpc) is 1.88. The second kappa shape index (κ2) is 34.0. The Hall–Kier alpha value is -7.42. The molecule has 492 valence electrons. The number of methoxy groups -OCH3 is 1. The van der Waals surface area contributed by atoms with Crippen LogP contribution in [0.4, 0.5) is 0 Å². The van der Waals surface area contributed by atoms with Crippen LogP contribution in [0.25, 0.3) is 0 Å². The standard InChI is InChI=1S/C62H88ClN7O18S/c1-13-30-85-52(75)26-29-70(51(74)24-23-48(71)64-27-31-89(81,82)83)28-25-50(73)69-53(36(2)3)58(78)66-38(5)56(76)65-35-40-17-20-42(21-18-40)55-54(88-55)37(4)45-15-14-16-49(72)68-44(33-41-19-22-46(84-12)43(63)32-41)57(77)67-39(6)62(10,11)60(80)87-47(59(79)86-45)34-61(7,8)9/h13-14,16-22,32,36-39,44-45,47,53-55H,1,15,23-31,33-35H2,2-12H3,(H,64,71)(H,65,76)(H,66,78)(H,67,77)(H,68,72)(H,69,73)(H,81,82,83)/b16-14+/t37-,38-,39-,44+,45-,47-,53-,54+,55+/m0/s1. The van der Waals surface area contributed by atoms with E-state index in [9.17, 15) is 56.4 Å². The van der Waals surface area contributed by atoms with Crippen molar-refractivity contribution in [2.24, 2.45) is 22.7 Å². The maximum Gasteiger partial charge on any atom is 0.347 e. The molecule has 1 fully saturated rings. The first-order valence-electron chi connectivity index (χ1n) is 29.5. The molecule has 2 aromatic carbocycles. The molecule has 9 atom stereocenters. The highest BCUT2D eigenvalue weighted by molar-refractivity contribution is 7.85. The first kappa shape index (κ1) is 74.0. The Morgan fingerprint density at radius 2 is 1.55 bits per heavy atom. The number of ether oxygens (including phenoxy) is 5. The van der Waals surface area contributed by atoms with E-state index < -0.39 is 146 Å². The number of cyclic esters (lactones) is 2. The molecule has 4 rings (SSSR count). The van der Waals surface area contributed by atoms with E-state index in [1.165, 1.54) is 31.1 Å². The van der Waals surface area contributed by atoms with Gasteiger partial charge < -0.3 is 60.5 Å². The summed E-state index contributed by atoms with van der Waals surface area (Å²) in [5.41, 5.74) is 0.266. The highest BCUT2D eigenvalue weighted by Gasteiger charge is 2.48. The van der Waals surface area contributed by atoms with Crippen LogP contribution in [0.3, 0.4) is 0 Å². The molecule has 27 heteroatoms. The summed E-state index contributed by atoms with van der Waals surface area (Å²) in [6.45, 7) is 19.9. The number of hydrogen-bond donors (Lipinski definition) is 7. The summed E-state index contributed by atoms with van der Waals surface area (Å²) in [7, 11) is -2.85. The molecule has 1 saturated heterocycles. The van der Waals surface area contributed by atoms with Crippen molar-refractivity contribution in [3.05, 3.63) is 89.0 Å². The summed E-state index contributed by atoms with van der Waals surface area (Å²) >= 11 is 6.41. The Balaban J connectivity index is 1.39. The van der Waals surface area contributed by atoms with E-state index in [4.69, 9.17) is 39.8 Å². The Morgan fingerprint density at radius 1 is 0.888 bits per heavy atom. The van der Waals surface area contributed by atoms with Crippen LogP contribution in [0, 0.1) is 22.7 Å². The molecule has 2 aliphatic rings. The summed E-state index contributed by atoms with van der Waals surface area (Å²) in [6, 6.07) is 8.18. The Labute approximate surface area is 526 Å². The van der Waals surface area contributed by atoms with Crippen LogP contribution in [-0.4, -0.2) is 159 Å². The molecule has 89 heavy (non-hydrogen) atoms. The van der Waals surface area contributed by atoms with E-state index in [1.54, 1.807) is 71.0 Å². The predicted octanol–water partition coefficient (Wildman–Crippen LogP) is 4.29. The third-order valence-electron chi connectivity index (χ3n) is 15.1. The van der Waals surface area contributed by atoms with Crippen molar-refractivity contribution in [3.8, 4) is 5.75 Å². The van der Waals surface area contributed by atoms with Crippen LogP contribution in [-0.2, 0) is 90.0 Å². The Kier molecular flexibility index (Phi) is 28.3. The first-order valence-corrected chi connectivity index (χ1v) is 31.5. The largest absolute Gasteiger partial charge is 0.495 e. The van der Waals surface area contributed by atoms with Crippen molar-refractivity contribution in [2.75, 3.05) is 39.1 Å². The molecule has 7 N–H and O–H groups in total. The fourth-order valence-corrected chi connectivity index (χ4v) is 9.88. The SMILES string of the molecule is C=CCOC(=O)CCN(CCC(=O)N[C@H](C(=O)N[C@@H](C)C(=O)NCc1ccc([C@H]2O[C@@H]2[C@@H](C)[C@@H]2C/C=C/C(=O)N[C@H](Cc3ccc(OC)c(Cl)c3)C(=O)N[C@@H](C)C(C)(C)C(=O)O[C@@H](CC(C)(C)C)C(=O)O2)cc1)C(C)C)C(=O)CCC(=O)NCCS(=O)(=O)O. The maximum absolute atomic E-state index is 14.2. The van der Waals surface area contributed by atoms with E-state index in [0.717, 1.165) is 5.56 Å². The van der Waals surface area contributed by atoms with Crippen LogP contribution >= 0.6 is 11.6 Å². The van der Waals surface area contributed by atoms with Crippen molar-refractivity contribution in [1.82, 2.24) is 36.8 Å². The van der Waals surface area contributed by atoms with E-state index >= 15 is 0 Å². The van der Waals surface area contributed by atoms with E-state index in [0.29, 0.717) is 21.9 Å². The molecule has 0 bridgehead atoms. The number of carbonyl (C=O) groups is 10. The van der Waals surface area contributed by atoms with E-state index in [-0.39, 0.29) is 77.7 Å². The lowest BCUT2D eigenvalue weighted by molar-refractivity contribution is -0.181. The molecule has 0 radical (unpaired) electrons.